The van der Waals surface area contributed by atoms with E-state index in [4.69, 9.17) is 4.74 Å². The Morgan fingerprint density at radius 2 is 2.06 bits per heavy atom. The third kappa shape index (κ3) is 4.26. The number of hydrogen-bond acceptors (Lipinski definition) is 4. The van der Waals surface area contributed by atoms with E-state index in [-0.39, 0.29) is 19.0 Å². The van der Waals surface area contributed by atoms with Crippen LogP contribution in [0.3, 0.4) is 0 Å². The smallest absolute Gasteiger partial charge is 0.155 e. The molecule has 0 saturated carbocycles. The number of benzene rings is 1. The average molecular weight is 337 g/mol. The van der Waals surface area contributed by atoms with E-state index >= 15 is 0 Å². The van der Waals surface area contributed by atoms with Crippen molar-refractivity contribution in [1.82, 2.24) is 0 Å². The quantitative estimate of drug-likeness (QED) is 0.864. The Labute approximate surface area is 116 Å². The van der Waals surface area contributed by atoms with Crippen molar-refractivity contribution in [3.63, 3.8) is 0 Å². The van der Waals surface area contributed by atoms with Crippen molar-refractivity contribution in [1.29, 1.82) is 0 Å². The molecule has 0 aliphatic rings. The average Bonchev–Trinajstić information content (AvgIpc) is 2.30. The standard InChI is InChI=1S/C12H17BrO4S/c1-9(2)18(15,16)6-5-17-12-4-3-11(13)7-10(12)8-14/h3-4,7,9,14H,5-6,8H2,1-2H3. The van der Waals surface area contributed by atoms with Crippen molar-refractivity contribution in [3.05, 3.63) is 28.2 Å². The summed E-state index contributed by atoms with van der Waals surface area (Å²) in [5.74, 6) is 0.491. The minimum absolute atomic E-state index is 0.0222. The van der Waals surface area contributed by atoms with Crippen molar-refractivity contribution in [2.45, 2.75) is 25.7 Å². The molecular formula is C12H17BrO4S. The molecular weight excluding hydrogens is 320 g/mol. The lowest BCUT2D eigenvalue weighted by atomic mass is 10.2. The molecule has 0 fully saturated rings. The molecule has 102 valence electrons. The maximum absolute atomic E-state index is 11.6. The number of hydrogen-bond donors (Lipinski definition) is 1. The lowest BCUT2D eigenvalue weighted by Crippen LogP contribution is -2.22. The van der Waals surface area contributed by atoms with Gasteiger partial charge in [0.1, 0.15) is 12.4 Å². The molecule has 1 aromatic rings. The minimum Gasteiger partial charge on any atom is -0.492 e. The first-order valence-electron chi connectivity index (χ1n) is 5.60. The van der Waals surface area contributed by atoms with Crippen LogP contribution in [0.5, 0.6) is 5.75 Å². The molecule has 0 amide bonds. The fraction of sp³-hybridized carbons (Fsp3) is 0.500. The molecule has 0 unspecified atom stereocenters. The second-order valence-corrected chi connectivity index (χ2v) is 7.77. The summed E-state index contributed by atoms with van der Waals surface area (Å²) < 4.78 is 29.4. The minimum atomic E-state index is -3.09. The van der Waals surface area contributed by atoms with Crippen LogP contribution in [0.25, 0.3) is 0 Å². The Morgan fingerprint density at radius 3 is 2.61 bits per heavy atom. The van der Waals surface area contributed by atoms with Crippen molar-refractivity contribution in [2.75, 3.05) is 12.4 Å². The highest BCUT2D eigenvalue weighted by atomic mass is 79.9. The van der Waals surface area contributed by atoms with Gasteiger partial charge in [0.15, 0.2) is 9.84 Å². The Balaban J connectivity index is 2.65. The van der Waals surface area contributed by atoms with Gasteiger partial charge < -0.3 is 9.84 Å². The first-order chi connectivity index (χ1) is 8.36. The molecule has 0 spiro atoms. The second-order valence-electron chi connectivity index (χ2n) is 4.17. The summed E-state index contributed by atoms with van der Waals surface area (Å²) in [5, 5.41) is 8.77. The highest BCUT2D eigenvalue weighted by Gasteiger charge is 2.16. The largest absolute Gasteiger partial charge is 0.492 e. The van der Waals surface area contributed by atoms with Crippen LogP contribution in [0, 0.1) is 0 Å². The van der Waals surface area contributed by atoms with Crippen LogP contribution in [0.15, 0.2) is 22.7 Å². The van der Waals surface area contributed by atoms with E-state index in [1.807, 2.05) is 0 Å². The Morgan fingerprint density at radius 1 is 1.39 bits per heavy atom. The van der Waals surface area contributed by atoms with E-state index in [1.165, 1.54) is 0 Å². The Kier molecular flexibility index (Phi) is 5.62. The topological polar surface area (TPSA) is 63.6 Å². The van der Waals surface area contributed by atoms with Gasteiger partial charge in [0, 0.05) is 10.0 Å². The highest BCUT2D eigenvalue weighted by Crippen LogP contribution is 2.23. The van der Waals surface area contributed by atoms with E-state index in [2.05, 4.69) is 15.9 Å². The normalized spacial score (nSPS) is 11.8. The monoisotopic (exact) mass is 336 g/mol. The van der Waals surface area contributed by atoms with E-state index in [0.29, 0.717) is 11.3 Å². The zero-order valence-electron chi connectivity index (χ0n) is 10.4. The van der Waals surface area contributed by atoms with Gasteiger partial charge in [-0.25, -0.2) is 8.42 Å². The molecule has 0 aromatic heterocycles. The van der Waals surface area contributed by atoms with Crippen LogP contribution in [0.4, 0.5) is 0 Å². The van der Waals surface area contributed by atoms with Gasteiger partial charge in [0.2, 0.25) is 0 Å². The first kappa shape index (κ1) is 15.5. The van der Waals surface area contributed by atoms with Crippen LogP contribution in [0.1, 0.15) is 19.4 Å². The van der Waals surface area contributed by atoms with Crippen LogP contribution in [0.2, 0.25) is 0 Å². The second kappa shape index (κ2) is 6.54. The summed E-state index contributed by atoms with van der Waals surface area (Å²) in [7, 11) is -3.09. The molecule has 1 N–H and O–H groups in total. The lowest BCUT2D eigenvalue weighted by Gasteiger charge is -2.12. The summed E-state index contributed by atoms with van der Waals surface area (Å²) in [5.41, 5.74) is 0.631. The van der Waals surface area contributed by atoms with Crippen LogP contribution < -0.4 is 4.74 Å². The fourth-order valence-electron chi connectivity index (χ4n) is 1.32. The first-order valence-corrected chi connectivity index (χ1v) is 8.11. The zero-order chi connectivity index (χ0) is 13.8. The van der Waals surface area contributed by atoms with Crippen molar-refractivity contribution < 1.29 is 18.3 Å². The van der Waals surface area contributed by atoms with E-state index in [0.717, 1.165) is 4.47 Å². The third-order valence-electron chi connectivity index (χ3n) is 2.54. The van der Waals surface area contributed by atoms with Crippen molar-refractivity contribution >= 4 is 25.8 Å². The summed E-state index contributed by atoms with van der Waals surface area (Å²) in [4.78, 5) is 0. The molecule has 0 bridgehead atoms. The van der Waals surface area contributed by atoms with Crippen molar-refractivity contribution in [2.24, 2.45) is 0 Å². The summed E-state index contributed by atoms with van der Waals surface area (Å²) >= 11 is 3.29. The van der Waals surface area contributed by atoms with Gasteiger partial charge >= 0.3 is 0 Å². The number of aliphatic hydroxyl groups is 1. The number of halogens is 1. The van der Waals surface area contributed by atoms with E-state index < -0.39 is 15.1 Å². The maximum Gasteiger partial charge on any atom is 0.155 e. The van der Waals surface area contributed by atoms with Gasteiger partial charge in [-0.2, -0.15) is 0 Å². The number of aliphatic hydroxyl groups excluding tert-OH is 1. The van der Waals surface area contributed by atoms with Gasteiger partial charge in [-0.15, -0.1) is 0 Å². The molecule has 0 aliphatic heterocycles. The van der Waals surface area contributed by atoms with Gasteiger partial charge in [0.25, 0.3) is 0 Å². The Hall–Kier alpha value is -0.590. The van der Waals surface area contributed by atoms with Crippen LogP contribution in [-0.4, -0.2) is 31.1 Å². The van der Waals surface area contributed by atoms with Gasteiger partial charge in [-0.05, 0) is 32.0 Å². The summed E-state index contributed by atoms with van der Waals surface area (Å²) in [6.07, 6.45) is 0. The molecule has 0 saturated heterocycles. The molecule has 1 rings (SSSR count). The number of ether oxygens (including phenoxy) is 1. The van der Waals surface area contributed by atoms with E-state index in [1.54, 1.807) is 32.0 Å². The summed E-state index contributed by atoms with van der Waals surface area (Å²) in [6.45, 7) is 3.24. The molecule has 0 radical (unpaired) electrons. The number of rotatable bonds is 6. The molecule has 0 atom stereocenters. The predicted octanol–water partition coefficient (Wildman–Crippen LogP) is 2.14. The zero-order valence-corrected chi connectivity index (χ0v) is 12.8. The molecule has 0 aliphatic carbocycles. The maximum atomic E-state index is 11.6. The summed E-state index contributed by atoms with van der Waals surface area (Å²) in [6, 6.07) is 5.23. The van der Waals surface area contributed by atoms with Crippen molar-refractivity contribution in [3.8, 4) is 5.75 Å². The van der Waals surface area contributed by atoms with Crippen LogP contribution in [-0.2, 0) is 16.4 Å². The molecule has 0 heterocycles. The van der Waals surface area contributed by atoms with Gasteiger partial charge in [-0.1, -0.05) is 15.9 Å². The fourth-order valence-corrected chi connectivity index (χ4v) is 2.51. The lowest BCUT2D eigenvalue weighted by molar-refractivity contribution is 0.267. The third-order valence-corrected chi connectivity index (χ3v) is 5.20. The predicted molar refractivity (Wildman–Crippen MR) is 74.5 cm³/mol. The van der Waals surface area contributed by atoms with Crippen LogP contribution >= 0.6 is 15.9 Å². The van der Waals surface area contributed by atoms with Gasteiger partial charge in [-0.3, -0.25) is 0 Å². The molecule has 18 heavy (non-hydrogen) atoms. The van der Waals surface area contributed by atoms with Gasteiger partial charge in [0.05, 0.1) is 17.6 Å². The molecule has 4 nitrogen and oxygen atoms in total. The highest BCUT2D eigenvalue weighted by molar-refractivity contribution is 9.10. The number of sulfone groups is 1. The molecule has 1 aromatic carbocycles. The SMILES string of the molecule is CC(C)S(=O)(=O)CCOc1ccc(Br)cc1CO. The van der Waals surface area contributed by atoms with E-state index in [9.17, 15) is 13.5 Å². The Bertz CT molecular complexity index is 497. The molecule has 6 heteroatoms.